The molecule has 2 aliphatic heterocycles. The Morgan fingerprint density at radius 2 is 2.00 bits per heavy atom. The van der Waals surface area contributed by atoms with Crippen molar-refractivity contribution in [1.29, 1.82) is 5.26 Å². The lowest BCUT2D eigenvalue weighted by atomic mass is 10.1. The number of fused-ring (bicyclic) bond motifs is 2. The molecule has 0 amide bonds. The summed E-state index contributed by atoms with van der Waals surface area (Å²) in [6, 6.07) is 16.5. The molecule has 0 atom stereocenters. The Balaban J connectivity index is 1.34. The number of benzene rings is 2. The van der Waals surface area contributed by atoms with Gasteiger partial charge in [0.25, 0.3) is 0 Å². The van der Waals surface area contributed by atoms with Crippen LogP contribution in [0.4, 0.5) is 11.6 Å². The Bertz CT molecular complexity index is 1320. The number of allylic oxidation sites excluding steroid dienone is 1. The normalized spacial score (nSPS) is 16.7. The third kappa shape index (κ3) is 4.02. The summed E-state index contributed by atoms with van der Waals surface area (Å²) in [6.45, 7) is 3.72. The summed E-state index contributed by atoms with van der Waals surface area (Å²) >= 11 is 0. The molecule has 3 aromatic rings. The maximum atomic E-state index is 12.3. The van der Waals surface area contributed by atoms with E-state index in [1.54, 1.807) is 38.2 Å². The van der Waals surface area contributed by atoms with Gasteiger partial charge in [-0.15, -0.1) is 0 Å². The molecule has 0 saturated heterocycles. The highest BCUT2D eigenvalue weighted by molar-refractivity contribution is 5.93. The molecule has 2 aromatic carbocycles. The van der Waals surface area contributed by atoms with Crippen molar-refractivity contribution >= 4 is 23.2 Å². The van der Waals surface area contributed by atoms with Crippen molar-refractivity contribution in [3.63, 3.8) is 0 Å². The van der Waals surface area contributed by atoms with E-state index < -0.39 is 11.8 Å². The molecule has 9 nitrogen and oxygen atoms in total. The number of aromatic nitrogens is 2. The van der Waals surface area contributed by atoms with Crippen LogP contribution in [0.2, 0.25) is 0 Å². The predicted molar refractivity (Wildman–Crippen MR) is 119 cm³/mol. The zero-order valence-corrected chi connectivity index (χ0v) is 17.9. The van der Waals surface area contributed by atoms with Gasteiger partial charge >= 0.3 is 5.97 Å². The van der Waals surface area contributed by atoms with E-state index in [1.807, 2.05) is 30.3 Å². The van der Waals surface area contributed by atoms with Gasteiger partial charge in [0, 0.05) is 26.6 Å². The number of ether oxygens (including phenoxy) is 3. The highest BCUT2D eigenvalue weighted by Crippen LogP contribution is 2.35. The van der Waals surface area contributed by atoms with Crippen molar-refractivity contribution in [2.75, 3.05) is 10.6 Å². The third-order valence-electron chi connectivity index (χ3n) is 5.01. The number of esters is 1. The molecule has 0 saturated carbocycles. The first kappa shape index (κ1) is 20.3. The number of anilines is 2. The van der Waals surface area contributed by atoms with Gasteiger partial charge in [-0.1, -0.05) is 18.2 Å². The molecule has 9 heteroatoms. The fourth-order valence-electron chi connectivity index (χ4n) is 3.52. The first-order valence-corrected chi connectivity index (χ1v) is 10.2. The molecule has 0 radical (unpaired) electrons. The van der Waals surface area contributed by atoms with Gasteiger partial charge in [0.2, 0.25) is 17.6 Å². The van der Waals surface area contributed by atoms with Crippen molar-refractivity contribution in [2.24, 2.45) is 0 Å². The zero-order valence-electron chi connectivity index (χ0n) is 17.9. The molecule has 1 aromatic heterocycles. The second-order valence-corrected chi connectivity index (χ2v) is 7.88. The number of nitriles is 1. The van der Waals surface area contributed by atoms with Crippen LogP contribution in [0.3, 0.4) is 0 Å². The second-order valence-electron chi connectivity index (χ2n) is 7.88. The van der Waals surface area contributed by atoms with Crippen molar-refractivity contribution in [3.05, 3.63) is 77.4 Å². The largest absolute Gasteiger partial charge is 0.452 e. The standard InChI is InChI=1S/C24H19N5O4/c1-24(2)32-19-8-7-14(11-15(19)22(30)33-24)13-27-23-26-10-9-17(29-23)16(12-25)21-28-18-5-3-4-6-20(18)31-21/h3-11,28H,13H2,1-2H3,(H,26,27,29)/b21-16-. The van der Waals surface area contributed by atoms with Gasteiger partial charge in [-0.05, 0) is 35.9 Å². The van der Waals surface area contributed by atoms with E-state index in [4.69, 9.17) is 14.2 Å². The van der Waals surface area contributed by atoms with Crippen molar-refractivity contribution < 1.29 is 19.0 Å². The molecule has 33 heavy (non-hydrogen) atoms. The first-order valence-electron chi connectivity index (χ1n) is 10.2. The second kappa shape index (κ2) is 7.84. The van der Waals surface area contributed by atoms with Crippen LogP contribution in [0.25, 0.3) is 5.57 Å². The minimum atomic E-state index is -0.996. The van der Waals surface area contributed by atoms with Crippen LogP contribution in [0.5, 0.6) is 11.5 Å². The van der Waals surface area contributed by atoms with Gasteiger partial charge < -0.3 is 24.8 Å². The van der Waals surface area contributed by atoms with Gasteiger partial charge in [-0.3, -0.25) is 0 Å². The highest BCUT2D eigenvalue weighted by atomic mass is 16.7. The molecular formula is C24H19N5O4. The van der Waals surface area contributed by atoms with Gasteiger partial charge in [-0.25, -0.2) is 14.8 Å². The topological polar surface area (TPSA) is 118 Å². The number of hydrogen-bond acceptors (Lipinski definition) is 9. The van der Waals surface area contributed by atoms with Gasteiger partial charge in [0.05, 0.1) is 11.4 Å². The van der Waals surface area contributed by atoms with Crippen LogP contribution in [-0.2, 0) is 11.3 Å². The van der Waals surface area contributed by atoms with Crippen LogP contribution in [0, 0.1) is 11.3 Å². The van der Waals surface area contributed by atoms with E-state index >= 15 is 0 Å². The van der Waals surface area contributed by atoms with Crippen LogP contribution < -0.4 is 20.1 Å². The Morgan fingerprint density at radius 1 is 1.15 bits per heavy atom. The van der Waals surface area contributed by atoms with Crippen molar-refractivity contribution in [2.45, 2.75) is 26.2 Å². The number of rotatable bonds is 4. The average molecular weight is 441 g/mol. The van der Waals surface area contributed by atoms with Crippen molar-refractivity contribution in [3.8, 4) is 17.6 Å². The number of hydrogen-bond donors (Lipinski definition) is 2. The summed E-state index contributed by atoms with van der Waals surface area (Å²) in [5.41, 5.74) is 2.63. The Hall–Kier alpha value is -4.58. The third-order valence-corrected chi connectivity index (χ3v) is 5.01. The molecule has 2 N–H and O–H groups in total. The zero-order chi connectivity index (χ0) is 23.0. The number of cyclic esters (lactones) is 1. The summed E-state index contributed by atoms with van der Waals surface area (Å²) in [4.78, 5) is 21.0. The molecule has 0 unspecified atom stereocenters. The minimum Gasteiger partial charge on any atom is -0.452 e. The lowest BCUT2D eigenvalue weighted by Crippen LogP contribution is -2.38. The van der Waals surface area contributed by atoms with Crippen LogP contribution in [-0.4, -0.2) is 21.7 Å². The number of nitrogens with zero attached hydrogens (tertiary/aromatic N) is 3. The Morgan fingerprint density at radius 3 is 2.82 bits per heavy atom. The fourth-order valence-corrected chi connectivity index (χ4v) is 3.52. The molecule has 3 heterocycles. The number of para-hydroxylation sites is 2. The van der Waals surface area contributed by atoms with Crippen LogP contribution in [0.15, 0.2) is 60.6 Å². The Labute approximate surface area is 189 Å². The molecule has 0 aliphatic carbocycles. The first-order chi connectivity index (χ1) is 15.9. The molecule has 0 bridgehead atoms. The summed E-state index contributed by atoms with van der Waals surface area (Å²) in [5, 5.41) is 15.9. The summed E-state index contributed by atoms with van der Waals surface area (Å²) in [5.74, 6) is 0.342. The number of nitrogens with one attached hydrogen (secondary N) is 2. The maximum Gasteiger partial charge on any atom is 0.345 e. The molecular weight excluding hydrogens is 422 g/mol. The van der Waals surface area contributed by atoms with E-state index in [2.05, 4.69) is 26.7 Å². The van der Waals surface area contributed by atoms with Gasteiger partial charge in [0.15, 0.2) is 5.75 Å². The van der Waals surface area contributed by atoms with E-state index in [0.29, 0.717) is 41.1 Å². The molecule has 164 valence electrons. The van der Waals surface area contributed by atoms with Gasteiger partial charge in [0.1, 0.15) is 23.0 Å². The lowest BCUT2D eigenvalue weighted by molar-refractivity contribution is -0.127. The van der Waals surface area contributed by atoms with Crippen LogP contribution in [0.1, 0.15) is 35.5 Å². The molecule has 5 rings (SSSR count). The molecule has 2 aliphatic rings. The minimum absolute atomic E-state index is 0.257. The summed E-state index contributed by atoms with van der Waals surface area (Å²) in [6.07, 6.45) is 1.56. The SMILES string of the molecule is CC1(C)OC(=O)c2cc(CNc3nccc(/C(C#N)=C4/Nc5ccccc5O4)n3)ccc2O1. The van der Waals surface area contributed by atoms with E-state index in [-0.39, 0.29) is 5.57 Å². The van der Waals surface area contributed by atoms with E-state index in [1.165, 1.54) is 0 Å². The van der Waals surface area contributed by atoms with Gasteiger partial charge in [-0.2, -0.15) is 5.26 Å². The monoisotopic (exact) mass is 441 g/mol. The highest BCUT2D eigenvalue weighted by Gasteiger charge is 2.33. The van der Waals surface area contributed by atoms with Crippen LogP contribution >= 0.6 is 0 Å². The summed E-state index contributed by atoms with van der Waals surface area (Å²) in [7, 11) is 0. The quantitative estimate of drug-likeness (QED) is 0.456. The van der Waals surface area contributed by atoms with E-state index in [0.717, 1.165) is 11.3 Å². The smallest absolute Gasteiger partial charge is 0.345 e. The number of carbonyl (C=O) groups excluding carboxylic acids is 1. The predicted octanol–water partition coefficient (Wildman–Crippen LogP) is 4.07. The Kier molecular flexibility index (Phi) is 4.83. The fraction of sp³-hybridized carbons (Fsp3) is 0.167. The van der Waals surface area contributed by atoms with E-state index in [9.17, 15) is 10.1 Å². The number of carbonyl (C=O) groups is 1. The van der Waals surface area contributed by atoms with Crippen molar-refractivity contribution in [1.82, 2.24) is 9.97 Å². The average Bonchev–Trinajstić information content (AvgIpc) is 3.22. The molecule has 0 spiro atoms. The maximum absolute atomic E-state index is 12.3. The lowest BCUT2D eigenvalue weighted by Gasteiger charge is -2.31. The molecule has 0 fully saturated rings. The summed E-state index contributed by atoms with van der Waals surface area (Å²) < 4.78 is 16.7.